The van der Waals surface area contributed by atoms with Crippen LogP contribution in [0, 0.1) is 17.8 Å². The number of ether oxygens (including phenoxy) is 4. The van der Waals surface area contributed by atoms with E-state index in [0.29, 0.717) is 5.92 Å². The lowest BCUT2D eigenvalue weighted by atomic mass is 9.64. The summed E-state index contributed by atoms with van der Waals surface area (Å²) in [5.74, 6) is 0.961. The lowest BCUT2D eigenvalue weighted by molar-refractivity contribution is -0.179. The Balaban J connectivity index is 0.00000245. The van der Waals surface area contributed by atoms with Crippen LogP contribution in [0.1, 0.15) is 30.1 Å². The topological polar surface area (TPSA) is 73.0 Å². The number of halogens is 1. The Morgan fingerprint density at radius 1 is 1.12 bits per heavy atom. The average Bonchev–Trinajstić information content (AvgIpc) is 3.19. The van der Waals surface area contributed by atoms with Gasteiger partial charge in [-0.25, -0.2) is 0 Å². The second-order valence-corrected chi connectivity index (χ2v) is 9.11. The SMILES string of the molecule is COC(=O)[C@H]1[C@H]2C[C@@H]3c4[nH]c5cc(OC)ccc5c4CCN3C[C@H]2C[C@H](OC)[C@@H]1OC.Cl. The molecule has 0 spiro atoms. The molecule has 3 heterocycles. The largest absolute Gasteiger partial charge is 0.497 e. The van der Waals surface area contributed by atoms with Crippen molar-refractivity contribution < 1.29 is 23.7 Å². The predicted octanol–water partition coefficient (Wildman–Crippen LogP) is 3.36. The second kappa shape index (κ2) is 9.21. The Bertz CT molecular complexity index is 979. The molecular formula is C24H33ClN2O5. The minimum absolute atomic E-state index is 0. The number of benzene rings is 1. The molecule has 7 nitrogen and oxygen atoms in total. The molecule has 5 rings (SSSR count). The molecule has 32 heavy (non-hydrogen) atoms. The van der Waals surface area contributed by atoms with Gasteiger partial charge in [-0.15, -0.1) is 12.4 Å². The van der Waals surface area contributed by atoms with Crippen LogP contribution in [0.25, 0.3) is 10.9 Å². The number of methoxy groups -OCH3 is 4. The number of fused-ring (bicyclic) bond motifs is 6. The van der Waals surface area contributed by atoms with Gasteiger partial charge in [-0.3, -0.25) is 9.69 Å². The average molecular weight is 465 g/mol. The van der Waals surface area contributed by atoms with Crippen LogP contribution in [-0.2, 0) is 25.4 Å². The lowest BCUT2D eigenvalue weighted by Gasteiger charge is -2.53. The Hall–Kier alpha value is -1.80. The van der Waals surface area contributed by atoms with Crippen molar-refractivity contribution in [2.24, 2.45) is 17.8 Å². The maximum absolute atomic E-state index is 12.9. The standard InChI is InChI=1S/C24H32N2O5.ClH/c1-28-14-5-6-15-16-7-8-26-12-13-9-20(29-2)23(30-3)21(24(27)31-4)17(13)11-19(26)22(16)25-18(15)10-14;/h5-6,10,13,17,19-21,23,25H,7-9,11-12H2,1-4H3;1H/t13-,17+,19-,20+,21+,23+;/m1./s1. The lowest BCUT2D eigenvalue weighted by Crippen LogP contribution is -2.58. The van der Waals surface area contributed by atoms with Gasteiger partial charge in [-0.2, -0.15) is 0 Å². The molecule has 3 aliphatic rings. The Kier molecular flexibility index (Phi) is 6.73. The highest BCUT2D eigenvalue weighted by Gasteiger charge is 2.53. The molecule has 2 fully saturated rings. The number of hydrogen-bond acceptors (Lipinski definition) is 6. The second-order valence-electron chi connectivity index (χ2n) is 9.11. The molecule has 176 valence electrons. The highest BCUT2D eigenvalue weighted by Crippen LogP contribution is 2.50. The number of aromatic amines is 1. The summed E-state index contributed by atoms with van der Waals surface area (Å²) in [6, 6.07) is 6.54. The molecule has 1 saturated heterocycles. The number of carbonyl (C=O) groups excluding carboxylic acids is 1. The van der Waals surface area contributed by atoms with Gasteiger partial charge >= 0.3 is 5.97 Å². The number of carbonyl (C=O) groups is 1. The first-order valence-corrected chi connectivity index (χ1v) is 11.2. The molecule has 8 heteroatoms. The molecule has 1 aromatic heterocycles. The number of aromatic nitrogens is 1. The van der Waals surface area contributed by atoms with Crippen LogP contribution in [0.3, 0.4) is 0 Å². The maximum Gasteiger partial charge on any atom is 0.311 e. The van der Waals surface area contributed by atoms with Crippen LogP contribution in [0.4, 0.5) is 0 Å². The van der Waals surface area contributed by atoms with Crippen LogP contribution in [0.15, 0.2) is 18.2 Å². The first-order valence-electron chi connectivity index (χ1n) is 11.2. The number of rotatable bonds is 4. The molecule has 1 aliphatic carbocycles. The molecule has 2 aliphatic heterocycles. The number of hydrogen-bond donors (Lipinski definition) is 1. The monoisotopic (exact) mass is 464 g/mol. The summed E-state index contributed by atoms with van der Waals surface area (Å²) in [7, 11) is 6.55. The minimum Gasteiger partial charge on any atom is -0.497 e. The third kappa shape index (κ3) is 3.59. The van der Waals surface area contributed by atoms with E-state index in [4.69, 9.17) is 18.9 Å². The summed E-state index contributed by atoms with van der Waals surface area (Å²) in [4.78, 5) is 19.2. The molecule has 2 aromatic rings. The normalized spacial score (nSPS) is 31.8. The van der Waals surface area contributed by atoms with Crippen LogP contribution in [0.5, 0.6) is 5.75 Å². The van der Waals surface area contributed by atoms with E-state index in [1.54, 1.807) is 21.3 Å². The summed E-state index contributed by atoms with van der Waals surface area (Å²) >= 11 is 0. The molecule has 6 atom stereocenters. The Morgan fingerprint density at radius 2 is 1.94 bits per heavy atom. The molecule has 1 N–H and O–H groups in total. The summed E-state index contributed by atoms with van der Waals surface area (Å²) in [5.41, 5.74) is 3.82. The number of H-pyrrole nitrogens is 1. The van der Waals surface area contributed by atoms with Gasteiger partial charge in [-0.05, 0) is 48.8 Å². The van der Waals surface area contributed by atoms with E-state index in [1.807, 2.05) is 6.07 Å². The number of piperidine rings is 1. The molecule has 1 saturated carbocycles. The fourth-order valence-electron chi connectivity index (χ4n) is 6.47. The number of esters is 1. The van der Waals surface area contributed by atoms with E-state index in [1.165, 1.54) is 23.8 Å². The van der Waals surface area contributed by atoms with Gasteiger partial charge in [0.15, 0.2) is 0 Å². The Labute approximate surface area is 195 Å². The van der Waals surface area contributed by atoms with Crippen LogP contribution in [0.2, 0.25) is 0 Å². The smallest absolute Gasteiger partial charge is 0.311 e. The van der Waals surface area contributed by atoms with E-state index in [-0.39, 0.29) is 48.5 Å². The Morgan fingerprint density at radius 3 is 2.62 bits per heavy atom. The predicted molar refractivity (Wildman–Crippen MR) is 123 cm³/mol. The molecule has 0 unspecified atom stereocenters. The van der Waals surface area contributed by atoms with Gasteiger partial charge in [0.05, 0.1) is 38.4 Å². The van der Waals surface area contributed by atoms with Gasteiger partial charge in [0.25, 0.3) is 0 Å². The van der Waals surface area contributed by atoms with Gasteiger partial charge < -0.3 is 23.9 Å². The van der Waals surface area contributed by atoms with E-state index in [0.717, 1.165) is 43.6 Å². The minimum atomic E-state index is -0.310. The van der Waals surface area contributed by atoms with E-state index in [2.05, 4.69) is 22.0 Å². The molecule has 0 amide bonds. The van der Waals surface area contributed by atoms with Crippen molar-refractivity contribution in [2.45, 2.75) is 37.5 Å². The van der Waals surface area contributed by atoms with Gasteiger partial charge in [0, 0.05) is 50.0 Å². The third-order valence-corrected chi connectivity index (χ3v) is 7.90. The number of nitrogens with zero attached hydrogens (tertiary/aromatic N) is 1. The van der Waals surface area contributed by atoms with Crippen molar-refractivity contribution in [1.29, 1.82) is 0 Å². The summed E-state index contributed by atoms with van der Waals surface area (Å²) < 4.78 is 22.2. The fourth-order valence-corrected chi connectivity index (χ4v) is 6.47. The molecule has 0 bridgehead atoms. The van der Waals surface area contributed by atoms with Gasteiger partial charge in [0.2, 0.25) is 0 Å². The van der Waals surface area contributed by atoms with Crippen molar-refractivity contribution in [3.05, 3.63) is 29.5 Å². The van der Waals surface area contributed by atoms with Crippen molar-refractivity contribution in [3.8, 4) is 5.75 Å². The van der Waals surface area contributed by atoms with Crippen LogP contribution < -0.4 is 4.74 Å². The molecule has 1 aromatic carbocycles. The van der Waals surface area contributed by atoms with E-state index >= 15 is 0 Å². The van der Waals surface area contributed by atoms with E-state index in [9.17, 15) is 4.79 Å². The summed E-state index contributed by atoms with van der Waals surface area (Å²) in [6.07, 6.45) is 2.49. The van der Waals surface area contributed by atoms with Crippen molar-refractivity contribution in [3.63, 3.8) is 0 Å². The van der Waals surface area contributed by atoms with Gasteiger partial charge in [0.1, 0.15) is 5.75 Å². The van der Waals surface area contributed by atoms with Crippen molar-refractivity contribution in [2.75, 3.05) is 41.5 Å². The zero-order valence-electron chi connectivity index (χ0n) is 19.1. The van der Waals surface area contributed by atoms with Crippen molar-refractivity contribution in [1.82, 2.24) is 9.88 Å². The fraction of sp³-hybridized carbons (Fsp3) is 0.625. The summed E-state index contributed by atoms with van der Waals surface area (Å²) in [6.45, 7) is 2.01. The first-order chi connectivity index (χ1) is 15.1. The van der Waals surface area contributed by atoms with Crippen LogP contribution >= 0.6 is 12.4 Å². The van der Waals surface area contributed by atoms with Crippen molar-refractivity contribution >= 4 is 29.3 Å². The zero-order valence-corrected chi connectivity index (χ0v) is 19.9. The molecular weight excluding hydrogens is 432 g/mol. The zero-order chi connectivity index (χ0) is 21.7. The van der Waals surface area contributed by atoms with E-state index < -0.39 is 0 Å². The quantitative estimate of drug-likeness (QED) is 0.699. The highest BCUT2D eigenvalue weighted by atomic mass is 35.5. The highest BCUT2D eigenvalue weighted by molar-refractivity contribution is 5.86. The van der Waals surface area contributed by atoms with Gasteiger partial charge in [-0.1, -0.05) is 0 Å². The number of nitrogens with one attached hydrogen (secondary N) is 1. The maximum atomic E-state index is 12.9. The first kappa shape index (κ1) is 23.4. The molecule has 0 radical (unpaired) electrons. The van der Waals surface area contributed by atoms with Crippen LogP contribution in [-0.4, -0.2) is 69.6 Å². The third-order valence-electron chi connectivity index (χ3n) is 7.90. The summed E-state index contributed by atoms with van der Waals surface area (Å²) in [5, 5.41) is 1.28.